The average Bonchev–Trinajstić information content (AvgIpc) is 3.43. The van der Waals surface area contributed by atoms with Gasteiger partial charge in [-0.05, 0) is 61.1 Å². The fourth-order valence-electron chi connectivity index (χ4n) is 6.04. The van der Waals surface area contributed by atoms with Gasteiger partial charge in [0.05, 0.1) is 18.1 Å². The first-order valence-electron chi connectivity index (χ1n) is 11.9. The minimum absolute atomic E-state index is 0. The van der Waals surface area contributed by atoms with Crippen molar-refractivity contribution in [3.63, 3.8) is 0 Å². The summed E-state index contributed by atoms with van der Waals surface area (Å²) in [6.45, 7) is 1.09. The average molecular weight is 552 g/mol. The fourth-order valence-corrected chi connectivity index (χ4v) is 7.16. The number of nitrogens with one attached hydrogen (secondary N) is 2. The molecule has 0 radical (unpaired) electrons. The van der Waals surface area contributed by atoms with Crippen LogP contribution in [0.5, 0.6) is 5.75 Å². The maximum atomic E-state index is 13.4. The van der Waals surface area contributed by atoms with E-state index in [-0.39, 0.29) is 36.3 Å². The SMILES string of the molecule is COc1cccc2c1CC[C@H]1CNC(CCn3c(=O)[nH]c4sc5cc(C(F)(F)F)ccc5c4c3=O)[C@@H]21.Cl. The fraction of sp³-hybridized carbons (Fsp3) is 0.385. The van der Waals surface area contributed by atoms with Crippen molar-refractivity contribution < 1.29 is 17.9 Å². The van der Waals surface area contributed by atoms with Crippen molar-refractivity contribution in [3.05, 3.63) is 73.9 Å². The second kappa shape index (κ2) is 9.49. The summed E-state index contributed by atoms with van der Waals surface area (Å²) in [5, 5.41) is 4.27. The van der Waals surface area contributed by atoms with Gasteiger partial charge in [-0.1, -0.05) is 18.2 Å². The van der Waals surface area contributed by atoms with E-state index in [1.165, 1.54) is 21.8 Å². The quantitative estimate of drug-likeness (QED) is 0.372. The van der Waals surface area contributed by atoms with Crippen LogP contribution in [0.4, 0.5) is 13.2 Å². The lowest BCUT2D eigenvalue weighted by Gasteiger charge is -2.32. The van der Waals surface area contributed by atoms with Crippen LogP contribution in [0, 0.1) is 5.92 Å². The maximum Gasteiger partial charge on any atom is 0.416 e. The van der Waals surface area contributed by atoms with Gasteiger partial charge in [0, 0.05) is 28.6 Å². The molecule has 3 heterocycles. The highest BCUT2D eigenvalue weighted by atomic mass is 35.5. The van der Waals surface area contributed by atoms with Gasteiger partial charge in [0.2, 0.25) is 0 Å². The Labute approximate surface area is 219 Å². The van der Waals surface area contributed by atoms with E-state index in [9.17, 15) is 22.8 Å². The Morgan fingerprint density at radius 3 is 2.76 bits per heavy atom. The lowest BCUT2D eigenvalue weighted by atomic mass is 9.73. The molecule has 0 amide bonds. The third-order valence-corrected chi connectivity index (χ3v) is 8.77. The number of fused-ring (bicyclic) bond motifs is 6. The molecule has 1 aliphatic carbocycles. The number of alkyl halides is 3. The minimum atomic E-state index is -4.48. The number of benzene rings is 2. The second-order valence-electron chi connectivity index (χ2n) is 9.56. The second-order valence-corrected chi connectivity index (χ2v) is 10.6. The lowest BCUT2D eigenvalue weighted by Crippen LogP contribution is -2.37. The molecule has 6 nitrogen and oxygen atoms in total. The van der Waals surface area contributed by atoms with Crippen molar-refractivity contribution in [1.82, 2.24) is 14.9 Å². The van der Waals surface area contributed by atoms with E-state index in [2.05, 4.69) is 16.4 Å². The summed E-state index contributed by atoms with van der Waals surface area (Å²) in [6.07, 6.45) is -1.89. The number of rotatable bonds is 4. The molecular weight excluding hydrogens is 527 g/mol. The first kappa shape index (κ1) is 25.8. The zero-order valence-corrected chi connectivity index (χ0v) is 21.5. The molecule has 0 saturated carbocycles. The summed E-state index contributed by atoms with van der Waals surface area (Å²) >= 11 is 0.990. The molecule has 196 valence electrons. The molecule has 11 heteroatoms. The Morgan fingerprint density at radius 1 is 1.19 bits per heavy atom. The number of hydrogen-bond donors (Lipinski definition) is 2. The Hall–Kier alpha value is -2.82. The van der Waals surface area contributed by atoms with E-state index in [0.29, 0.717) is 27.3 Å². The molecule has 1 fully saturated rings. The van der Waals surface area contributed by atoms with Crippen LogP contribution in [0.25, 0.3) is 20.3 Å². The Kier molecular flexibility index (Phi) is 6.62. The molecule has 6 rings (SSSR count). The van der Waals surface area contributed by atoms with E-state index in [1.807, 2.05) is 12.1 Å². The zero-order valence-electron chi connectivity index (χ0n) is 19.9. The number of H-pyrrole nitrogens is 1. The van der Waals surface area contributed by atoms with E-state index in [1.54, 1.807) is 7.11 Å². The zero-order chi connectivity index (χ0) is 25.2. The maximum absolute atomic E-state index is 13.4. The molecule has 2 aromatic heterocycles. The van der Waals surface area contributed by atoms with Crippen LogP contribution in [0.15, 0.2) is 46.0 Å². The summed E-state index contributed by atoms with van der Waals surface area (Å²) < 4.78 is 46.5. The van der Waals surface area contributed by atoms with Crippen LogP contribution in [0.2, 0.25) is 0 Å². The molecule has 3 atom stereocenters. The Morgan fingerprint density at radius 2 is 2.00 bits per heavy atom. The number of halogens is 4. The number of nitrogens with zero attached hydrogens (tertiary/aromatic N) is 1. The topological polar surface area (TPSA) is 76.1 Å². The molecular formula is C26H25ClF3N3O3S. The van der Waals surface area contributed by atoms with Crippen LogP contribution >= 0.6 is 23.7 Å². The Balaban J connectivity index is 0.00000280. The van der Waals surface area contributed by atoms with Crippen molar-refractivity contribution in [1.29, 1.82) is 0 Å². The third kappa shape index (κ3) is 4.24. The smallest absolute Gasteiger partial charge is 0.416 e. The van der Waals surface area contributed by atoms with Crippen molar-refractivity contribution in [2.45, 2.75) is 43.9 Å². The molecule has 1 aliphatic heterocycles. The Bertz CT molecular complexity index is 1610. The first-order valence-corrected chi connectivity index (χ1v) is 12.7. The van der Waals surface area contributed by atoms with Crippen molar-refractivity contribution >= 4 is 44.0 Å². The highest BCUT2D eigenvalue weighted by molar-refractivity contribution is 7.25. The summed E-state index contributed by atoms with van der Waals surface area (Å²) in [7, 11) is 1.68. The molecule has 2 aliphatic rings. The lowest BCUT2D eigenvalue weighted by molar-refractivity contribution is -0.137. The van der Waals surface area contributed by atoms with E-state index >= 15 is 0 Å². The van der Waals surface area contributed by atoms with Crippen LogP contribution in [-0.4, -0.2) is 29.2 Å². The van der Waals surface area contributed by atoms with E-state index in [4.69, 9.17) is 4.74 Å². The highest BCUT2D eigenvalue weighted by Gasteiger charge is 2.40. The molecule has 37 heavy (non-hydrogen) atoms. The molecule has 1 unspecified atom stereocenters. The first-order chi connectivity index (χ1) is 17.3. The summed E-state index contributed by atoms with van der Waals surface area (Å²) in [4.78, 5) is 29.2. The van der Waals surface area contributed by atoms with Gasteiger partial charge >= 0.3 is 11.9 Å². The van der Waals surface area contributed by atoms with Gasteiger partial charge in [-0.2, -0.15) is 13.2 Å². The van der Waals surface area contributed by atoms with Crippen molar-refractivity contribution in [2.75, 3.05) is 13.7 Å². The minimum Gasteiger partial charge on any atom is -0.496 e. The number of ether oxygens (including phenoxy) is 1. The van der Waals surface area contributed by atoms with Gasteiger partial charge in [0.15, 0.2) is 0 Å². The summed E-state index contributed by atoms with van der Waals surface area (Å²) in [5.74, 6) is 1.65. The number of aromatic nitrogens is 2. The van der Waals surface area contributed by atoms with Crippen LogP contribution in [0.1, 0.15) is 35.4 Å². The van der Waals surface area contributed by atoms with Crippen LogP contribution < -0.4 is 21.3 Å². The van der Waals surface area contributed by atoms with Gasteiger partial charge in [-0.15, -0.1) is 23.7 Å². The van der Waals surface area contributed by atoms with Crippen molar-refractivity contribution in [3.8, 4) is 5.75 Å². The number of hydrogen-bond acceptors (Lipinski definition) is 5. The summed E-state index contributed by atoms with van der Waals surface area (Å²) in [6, 6.07) is 9.54. The largest absolute Gasteiger partial charge is 0.496 e. The van der Waals surface area contributed by atoms with Gasteiger partial charge in [0.25, 0.3) is 5.56 Å². The normalized spacial score (nSPS) is 21.0. The molecule has 4 aromatic rings. The molecule has 1 saturated heterocycles. The predicted octanol–water partition coefficient (Wildman–Crippen LogP) is 5.06. The van der Waals surface area contributed by atoms with Crippen LogP contribution in [0.3, 0.4) is 0 Å². The van der Waals surface area contributed by atoms with Gasteiger partial charge < -0.3 is 10.1 Å². The molecule has 0 spiro atoms. The van der Waals surface area contributed by atoms with E-state index < -0.39 is 23.0 Å². The molecule has 0 bridgehead atoms. The van der Waals surface area contributed by atoms with Crippen molar-refractivity contribution in [2.24, 2.45) is 5.92 Å². The monoisotopic (exact) mass is 551 g/mol. The highest BCUT2D eigenvalue weighted by Crippen LogP contribution is 2.45. The van der Waals surface area contributed by atoms with Gasteiger partial charge in [-0.25, -0.2) is 4.79 Å². The number of aromatic amines is 1. The summed E-state index contributed by atoms with van der Waals surface area (Å²) in [5.41, 5.74) is 0.696. The number of methoxy groups -OCH3 is 1. The number of thiophene rings is 1. The third-order valence-electron chi connectivity index (χ3n) is 7.70. The standard InChI is InChI=1S/C26H24F3N3O3S.ClH/c1-35-19-4-2-3-16-15(19)7-5-13-12-30-18(21(13)16)9-10-32-24(33)22-17-8-6-14(26(27,28)29)11-20(17)36-23(22)31-25(32)34;/h2-4,6,8,11,13,18,21,30H,5,7,9-10,12H2,1H3,(H,31,34);1H/t13-,18?,21+;/m0./s1. The predicted molar refractivity (Wildman–Crippen MR) is 140 cm³/mol. The molecule has 2 N–H and O–H groups in total. The van der Waals surface area contributed by atoms with Crippen LogP contribution in [-0.2, 0) is 19.1 Å². The van der Waals surface area contributed by atoms with Gasteiger partial charge in [0.1, 0.15) is 10.6 Å². The molecule has 2 aromatic carbocycles. The van der Waals surface area contributed by atoms with E-state index in [0.717, 1.165) is 48.6 Å². The van der Waals surface area contributed by atoms with Gasteiger partial charge in [-0.3, -0.25) is 14.3 Å².